The average Bonchev–Trinajstić information content (AvgIpc) is 2.72. The summed E-state index contributed by atoms with van der Waals surface area (Å²) in [7, 11) is 1.60. The van der Waals surface area contributed by atoms with E-state index >= 15 is 0 Å². The number of carbonyl (C=O) groups is 1. The molecule has 3 nitrogen and oxygen atoms in total. The van der Waals surface area contributed by atoms with Crippen LogP contribution >= 0.6 is 0 Å². The fourth-order valence-electron chi connectivity index (χ4n) is 3.67. The lowest BCUT2D eigenvalue weighted by molar-refractivity contribution is -0.134. The summed E-state index contributed by atoms with van der Waals surface area (Å²) < 4.78 is 10.7. The van der Waals surface area contributed by atoms with Crippen LogP contribution in [0.25, 0.3) is 0 Å². The van der Waals surface area contributed by atoms with Gasteiger partial charge >= 0.3 is 5.97 Å². The molecular formula is C26H44O3. The van der Waals surface area contributed by atoms with E-state index in [4.69, 9.17) is 9.47 Å². The summed E-state index contributed by atoms with van der Waals surface area (Å²) in [6.45, 7) is 4.27. The van der Waals surface area contributed by atoms with Crippen LogP contribution in [-0.4, -0.2) is 13.1 Å². The highest BCUT2D eigenvalue weighted by Gasteiger charge is 2.10. The zero-order valence-electron chi connectivity index (χ0n) is 19.3. The molecule has 29 heavy (non-hydrogen) atoms. The van der Waals surface area contributed by atoms with Gasteiger partial charge < -0.3 is 9.47 Å². The summed E-state index contributed by atoms with van der Waals surface area (Å²) in [5.41, 5.74) is 1.09. The van der Waals surface area contributed by atoms with Crippen molar-refractivity contribution in [3.05, 3.63) is 23.8 Å². The molecule has 0 aromatic heterocycles. The standard InChI is InChI=1S/C26H44O3/c1-4-5-6-7-8-9-10-11-12-13-14-15-16-17-18-19-26(27)29-24-21-20-23(2)22-25(24)28-3/h20-22H,4-19H2,1-3H3. The number of esters is 1. The smallest absolute Gasteiger partial charge is 0.311 e. The van der Waals surface area contributed by atoms with Gasteiger partial charge in [-0.2, -0.15) is 0 Å². The molecule has 0 atom stereocenters. The first-order valence-electron chi connectivity index (χ1n) is 12.0. The third-order valence-corrected chi connectivity index (χ3v) is 5.53. The average molecular weight is 405 g/mol. The lowest BCUT2D eigenvalue weighted by Gasteiger charge is -2.09. The highest BCUT2D eigenvalue weighted by Crippen LogP contribution is 2.28. The Morgan fingerprint density at radius 3 is 1.69 bits per heavy atom. The molecule has 1 aromatic carbocycles. The number of unbranched alkanes of at least 4 members (excludes halogenated alkanes) is 14. The van der Waals surface area contributed by atoms with Crippen LogP contribution in [0.2, 0.25) is 0 Å². The van der Waals surface area contributed by atoms with Gasteiger partial charge in [0.15, 0.2) is 11.5 Å². The highest BCUT2D eigenvalue weighted by atomic mass is 16.6. The molecule has 0 amide bonds. The quantitative estimate of drug-likeness (QED) is 0.141. The molecule has 0 aliphatic rings. The number of hydrogen-bond acceptors (Lipinski definition) is 3. The Bertz CT molecular complexity index is 539. The molecule has 1 rings (SSSR count). The van der Waals surface area contributed by atoms with E-state index in [2.05, 4.69) is 6.92 Å². The molecule has 0 heterocycles. The van der Waals surface area contributed by atoms with E-state index in [1.807, 2.05) is 19.1 Å². The maximum absolute atomic E-state index is 12.0. The van der Waals surface area contributed by atoms with E-state index in [1.54, 1.807) is 13.2 Å². The Labute approximate surface area is 179 Å². The Balaban J connectivity index is 1.91. The molecule has 3 heteroatoms. The summed E-state index contributed by atoms with van der Waals surface area (Å²) in [6.07, 6.45) is 20.4. The first-order chi connectivity index (χ1) is 14.2. The van der Waals surface area contributed by atoms with E-state index in [0.717, 1.165) is 18.4 Å². The van der Waals surface area contributed by atoms with Crippen LogP contribution in [0.4, 0.5) is 0 Å². The third-order valence-electron chi connectivity index (χ3n) is 5.53. The number of rotatable bonds is 18. The summed E-state index contributed by atoms with van der Waals surface area (Å²) in [5, 5.41) is 0. The van der Waals surface area contributed by atoms with Gasteiger partial charge in [0.05, 0.1) is 7.11 Å². The molecule has 0 N–H and O–H groups in total. The second-order valence-electron chi connectivity index (χ2n) is 8.33. The van der Waals surface area contributed by atoms with Crippen molar-refractivity contribution in [2.45, 2.75) is 117 Å². The van der Waals surface area contributed by atoms with Crippen molar-refractivity contribution < 1.29 is 14.3 Å². The van der Waals surface area contributed by atoms with Crippen LogP contribution in [0.15, 0.2) is 18.2 Å². The van der Waals surface area contributed by atoms with Gasteiger partial charge in [-0.25, -0.2) is 0 Å². The fraction of sp³-hybridized carbons (Fsp3) is 0.731. The maximum Gasteiger partial charge on any atom is 0.311 e. The third kappa shape index (κ3) is 13.4. The van der Waals surface area contributed by atoms with Crippen LogP contribution in [0, 0.1) is 6.92 Å². The van der Waals surface area contributed by atoms with E-state index in [0.29, 0.717) is 17.9 Å². The molecule has 0 saturated carbocycles. The highest BCUT2D eigenvalue weighted by molar-refractivity contribution is 5.73. The van der Waals surface area contributed by atoms with Gasteiger partial charge in [-0.1, -0.05) is 103 Å². The monoisotopic (exact) mass is 404 g/mol. The second-order valence-corrected chi connectivity index (χ2v) is 8.33. The largest absolute Gasteiger partial charge is 0.493 e. The molecule has 0 unspecified atom stereocenters. The Morgan fingerprint density at radius 2 is 1.21 bits per heavy atom. The summed E-state index contributed by atoms with van der Waals surface area (Å²) in [6, 6.07) is 5.62. The predicted octanol–water partition coefficient (Wildman–Crippen LogP) is 8.17. The Hall–Kier alpha value is -1.51. The first kappa shape index (κ1) is 25.5. The molecule has 0 bridgehead atoms. The number of methoxy groups -OCH3 is 1. The van der Waals surface area contributed by atoms with Crippen molar-refractivity contribution in [3.63, 3.8) is 0 Å². The van der Waals surface area contributed by atoms with Crippen molar-refractivity contribution in [1.82, 2.24) is 0 Å². The topological polar surface area (TPSA) is 35.5 Å². The molecule has 0 aliphatic heterocycles. The molecule has 166 valence electrons. The van der Waals surface area contributed by atoms with Gasteiger partial charge in [0, 0.05) is 6.42 Å². The molecule has 0 fully saturated rings. The van der Waals surface area contributed by atoms with Gasteiger partial charge in [-0.15, -0.1) is 0 Å². The van der Waals surface area contributed by atoms with Gasteiger partial charge in [-0.05, 0) is 31.0 Å². The van der Waals surface area contributed by atoms with Gasteiger partial charge in [0.25, 0.3) is 0 Å². The van der Waals surface area contributed by atoms with Crippen LogP contribution in [0.1, 0.15) is 115 Å². The van der Waals surface area contributed by atoms with Crippen molar-refractivity contribution in [3.8, 4) is 11.5 Å². The van der Waals surface area contributed by atoms with Gasteiger partial charge in [-0.3, -0.25) is 4.79 Å². The SMILES string of the molecule is CCCCCCCCCCCCCCCCCC(=O)Oc1ccc(C)cc1OC. The van der Waals surface area contributed by atoms with Crippen molar-refractivity contribution >= 4 is 5.97 Å². The molecule has 1 aromatic rings. The lowest BCUT2D eigenvalue weighted by atomic mass is 10.0. The second kappa shape index (κ2) is 17.4. The van der Waals surface area contributed by atoms with Crippen LogP contribution < -0.4 is 9.47 Å². The minimum absolute atomic E-state index is 0.165. The van der Waals surface area contributed by atoms with E-state index in [-0.39, 0.29) is 5.97 Å². The van der Waals surface area contributed by atoms with Gasteiger partial charge in [0.2, 0.25) is 0 Å². The molecule has 0 saturated heterocycles. The minimum atomic E-state index is -0.165. The number of hydrogen-bond donors (Lipinski definition) is 0. The maximum atomic E-state index is 12.0. The van der Waals surface area contributed by atoms with E-state index < -0.39 is 0 Å². The van der Waals surface area contributed by atoms with Crippen molar-refractivity contribution in [2.75, 3.05) is 7.11 Å². The summed E-state index contributed by atoms with van der Waals surface area (Å²) in [4.78, 5) is 12.0. The Morgan fingerprint density at radius 1 is 0.724 bits per heavy atom. The molecule has 0 aliphatic carbocycles. The summed E-state index contributed by atoms with van der Waals surface area (Å²) >= 11 is 0. The zero-order valence-corrected chi connectivity index (χ0v) is 19.3. The van der Waals surface area contributed by atoms with Crippen LogP contribution in [0.5, 0.6) is 11.5 Å². The number of carbonyl (C=O) groups excluding carboxylic acids is 1. The first-order valence-corrected chi connectivity index (χ1v) is 12.0. The molecule has 0 radical (unpaired) electrons. The van der Waals surface area contributed by atoms with Crippen LogP contribution in [-0.2, 0) is 4.79 Å². The van der Waals surface area contributed by atoms with E-state index in [1.165, 1.54) is 83.5 Å². The fourth-order valence-corrected chi connectivity index (χ4v) is 3.67. The number of aryl methyl sites for hydroxylation is 1. The van der Waals surface area contributed by atoms with Crippen LogP contribution in [0.3, 0.4) is 0 Å². The zero-order chi connectivity index (χ0) is 21.2. The van der Waals surface area contributed by atoms with Crippen molar-refractivity contribution in [2.24, 2.45) is 0 Å². The molecule has 0 spiro atoms. The predicted molar refractivity (Wildman–Crippen MR) is 123 cm³/mol. The Kier molecular flexibility index (Phi) is 15.3. The number of benzene rings is 1. The van der Waals surface area contributed by atoms with E-state index in [9.17, 15) is 4.79 Å². The van der Waals surface area contributed by atoms with Crippen molar-refractivity contribution in [1.29, 1.82) is 0 Å². The number of ether oxygens (including phenoxy) is 2. The minimum Gasteiger partial charge on any atom is -0.493 e. The molecular weight excluding hydrogens is 360 g/mol. The normalized spacial score (nSPS) is 10.9. The summed E-state index contributed by atoms with van der Waals surface area (Å²) in [5.74, 6) is 0.973. The van der Waals surface area contributed by atoms with Gasteiger partial charge in [0.1, 0.15) is 0 Å². The lowest BCUT2D eigenvalue weighted by Crippen LogP contribution is -2.08.